The van der Waals surface area contributed by atoms with Gasteiger partial charge in [0.15, 0.2) is 5.13 Å². The number of benzene rings is 1. The molecule has 3 aromatic heterocycles. The molecule has 1 aliphatic heterocycles. The summed E-state index contributed by atoms with van der Waals surface area (Å²) in [5.41, 5.74) is 2.37. The summed E-state index contributed by atoms with van der Waals surface area (Å²) in [6, 6.07) is 13.6. The predicted molar refractivity (Wildman–Crippen MR) is 138 cm³/mol. The summed E-state index contributed by atoms with van der Waals surface area (Å²) >= 11 is 1.65. The second kappa shape index (κ2) is 8.96. The number of fused-ring (bicyclic) bond motifs is 1. The van der Waals surface area contributed by atoms with Crippen LogP contribution in [0.1, 0.15) is 18.5 Å². The monoisotopic (exact) mass is 459 g/mol. The van der Waals surface area contributed by atoms with Gasteiger partial charge in [-0.15, -0.1) is 0 Å². The molecule has 0 spiro atoms. The molecule has 0 bridgehead atoms. The van der Waals surface area contributed by atoms with E-state index in [1.54, 1.807) is 11.3 Å². The zero-order valence-electron chi connectivity index (χ0n) is 19.4. The molecule has 1 saturated heterocycles. The highest BCUT2D eigenvalue weighted by Crippen LogP contribution is 2.32. The van der Waals surface area contributed by atoms with E-state index in [2.05, 4.69) is 92.8 Å². The zero-order chi connectivity index (χ0) is 22.9. The van der Waals surface area contributed by atoms with Crippen LogP contribution in [0.15, 0.2) is 55.0 Å². The Bertz CT molecular complexity index is 1260. The fraction of sp³-hybridized carbons (Fsp3) is 0.320. The van der Waals surface area contributed by atoms with Crippen LogP contribution in [0.2, 0.25) is 0 Å². The predicted octanol–water partition coefficient (Wildman–Crippen LogP) is 4.72. The molecule has 0 saturated carbocycles. The highest BCUT2D eigenvalue weighted by atomic mass is 32.1. The smallest absolute Gasteiger partial charge is 0.182 e. The van der Waals surface area contributed by atoms with E-state index >= 15 is 0 Å². The average molecular weight is 460 g/mol. The van der Waals surface area contributed by atoms with E-state index in [1.807, 2.05) is 25.6 Å². The minimum Gasteiger partial charge on any atom is -0.365 e. The largest absolute Gasteiger partial charge is 0.365 e. The molecule has 1 unspecified atom stereocenters. The van der Waals surface area contributed by atoms with E-state index in [-0.39, 0.29) is 6.04 Å². The molecular formula is C25H29N7S. The Balaban J connectivity index is 1.33. The number of hydrogen-bond donors (Lipinski definition) is 2. The molecule has 0 amide bonds. The van der Waals surface area contributed by atoms with Gasteiger partial charge in [0.05, 0.1) is 10.9 Å². The van der Waals surface area contributed by atoms with E-state index in [9.17, 15) is 0 Å². The van der Waals surface area contributed by atoms with Crippen LogP contribution in [0.5, 0.6) is 0 Å². The first kappa shape index (κ1) is 21.6. The number of hydrogen-bond acceptors (Lipinski definition) is 8. The molecule has 33 heavy (non-hydrogen) atoms. The minimum atomic E-state index is 0.116. The fourth-order valence-electron chi connectivity index (χ4n) is 4.05. The molecule has 0 radical (unpaired) electrons. The maximum Gasteiger partial charge on any atom is 0.182 e. The summed E-state index contributed by atoms with van der Waals surface area (Å²) in [7, 11) is 6.16. The third kappa shape index (κ3) is 4.49. The first-order chi connectivity index (χ1) is 16.0. The lowest BCUT2D eigenvalue weighted by molar-refractivity contribution is 0.246. The maximum absolute atomic E-state index is 4.64. The van der Waals surface area contributed by atoms with Gasteiger partial charge in [0, 0.05) is 50.2 Å². The number of thiazole rings is 1. The Morgan fingerprint density at radius 2 is 1.88 bits per heavy atom. The minimum absolute atomic E-state index is 0.116. The Kier molecular flexibility index (Phi) is 5.86. The first-order valence-corrected chi connectivity index (χ1v) is 12.0. The van der Waals surface area contributed by atoms with Crippen LogP contribution < -0.4 is 15.5 Å². The quantitative estimate of drug-likeness (QED) is 0.414. The van der Waals surface area contributed by atoms with E-state index in [0.29, 0.717) is 6.04 Å². The van der Waals surface area contributed by atoms with Gasteiger partial charge in [-0.25, -0.2) is 15.0 Å². The van der Waals surface area contributed by atoms with Crippen molar-refractivity contribution in [3.8, 4) is 10.4 Å². The van der Waals surface area contributed by atoms with Gasteiger partial charge in [0.25, 0.3) is 0 Å². The van der Waals surface area contributed by atoms with Crippen LogP contribution in [0.4, 0.5) is 16.8 Å². The molecule has 1 aliphatic rings. The lowest BCUT2D eigenvalue weighted by Gasteiger charge is -2.43. The summed E-state index contributed by atoms with van der Waals surface area (Å²) in [6.45, 7) is 4.21. The van der Waals surface area contributed by atoms with E-state index < -0.39 is 0 Å². The van der Waals surface area contributed by atoms with Gasteiger partial charge in [-0.3, -0.25) is 0 Å². The topological polar surface area (TPSA) is 69.2 Å². The average Bonchev–Trinajstić information content (AvgIpc) is 3.27. The molecule has 7 nitrogen and oxygen atoms in total. The van der Waals surface area contributed by atoms with E-state index in [1.165, 1.54) is 5.56 Å². The zero-order valence-corrected chi connectivity index (χ0v) is 20.2. The maximum atomic E-state index is 4.64. The molecule has 170 valence electrons. The lowest BCUT2D eigenvalue weighted by atomic mass is 10.1. The summed E-state index contributed by atoms with van der Waals surface area (Å²) in [5.74, 6) is 1.91. The van der Waals surface area contributed by atoms with Crippen molar-refractivity contribution < 1.29 is 0 Å². The van der Waals surface area contributed by atoms with Gasteiger partial charge in [-0.1, -0.05) is 23.5 Å². The molecule has 1 fully saturated rings. The van der Waals surface area contributed by atoms with Gasteiger partial charge in [-0.05, 0) is 61.8 Å². The molecule has 5 rings (SSSR count). The summed E-state index contributed by atoms with van der Waals surface area (Å²) < 4.78 is 0. The Hall–Kier alpha value is -3.23. The van der Waals surface area contributed by atoms with Crippen molar-refractivity contribution in [1.82, 2.24) is 19.9 Å². The molecule has 1 aromatic carbocycles. The molecule has 2 N–H and O–H groups in total. The molecular weight excluding hydrogens is 430 g/mol. The molecule has 0 aliphatic carbocycles. The van der Waals surface area contributed by atoms with Gasteiger partial charge in [0.2, 0.25) is 0 Å². The standard InChI is InChI=1S/C25H29N7S/c1-16(17-7-8-27-24(11-17)32-14-21(15-32)31(3)4)30-23-10-20-9-18(5-6-19(20)12-28-23)22-13-29-25(26-2)33-22/h5-13,16,21H,14-15H2,1-4H3,(H,26,29)(H,28,30). The number of anilines is 3. The first-order valence-electron chi connectivity index (χ1n) is 11.2. The Labute approximate surface area is 198 Å². The van der Waals surface area contributed by atoms with Gasteiger partial charge in [-0.2, -0.15) is 0 Å². The highest BCUT2D eigenvalue weighted by Gasteiger charge is 2.29. The number of nitrogens with zero attached hydrogens (tertiary/aromatic N) is 5. The van der Waals surface area contributed by atoms with Crippen molar-refractivity contribution in [3.63, 3.8) is 0 Å². The second-order valence-corrected chi connectivity index (χ2v) is 9.78. The van der Waals surface area contributed by atoms with Crippen LogP contribution in [-0.4, -0.2) is 60.1 Å². The van der Waals surface area contributed by atoms with Crippen LogP contribution in [-0.2, 0) is 0 Å². The van der Waals surface area contributed by atoms with Crippen molar-refractivity contribution in [2.24, 2.45) is 0 Å². The van der Waals surface area contributed by atoms with Crippen LogP contribution in [0.25, 0.3) is 21.2 Å². The van der Waals surface area contributed by atoms with Crippen molar-refractivity contribution >= 4 is 38.9 Å². The number of nitrogens with one attached hydrogen (secondary N) is 2. The van der Waals surface area contributed by atoms with Gasteiger partial charge < -0.3 is 20.4 Å². The normalized spacial score (nSPS) is 15.0. The summed E-state index contributed by atoms with van der Waals surface area (Å²) in [5, 5.41) is 9.86. The van der Waals surface area contributed by atoms with E-state index in [4.69, 9.17) is 0 Å². The molecule has 8 heteroatoms. The molecule has 1 atom stereocenters. The molecule has 4 aromatic rings. The Morgan fingerprint density at radius 1 is 1.03 bits per heavy atom. The number of likely N-dealkylation sites (N-methyl/N-ethyl adjacent to an activating group) is 1. The van der Waals surface area contributed by atoms with Crippen LogP contribution in [0.3, 0.4) is 0 Å². The van der Waals surface area contributed by atoms with Crippen LogP contribution >= 0.6 is 11.3 Å². The third-order valence-corrected chi connectivity index (χ3v) is 7.34. The van der Waals surface area contributed by atoms with Crippen molar-refractivity contribution in [2.75, 3.05) is 49.8 Å². The lowest BCUT2D eigenvalue weighted by Crippen LogP contribution is -2.57. The van der Waals surface area contributed by atoms with Crippen molar-refractivity contribution in [2.45, 2.75) is 19.0 Å². The number of aromatic nitrogens is 3. The third-order valence-electron chi connectivity index (χ3n) is 6.28. The van der Waals surface area contributed by atoms with Gasteiger partial charge in [0.1, 0.15) is 11.6 Å². The second-order valence-electron chi connectivity index (χ2n) is 8.75. The van der Waals surface area contributed by atoms with Gasteiger partial charge >= 0.3 is 0 Å². The van der Waals surface area contributed by atoms with Crippen LogP contribution in [0, 0.1) is 0 Å². The van der Waals surface area contributed by atoms with Crippen molar-refractivity contribution in [1.29, 1.82) is 0 Å². The summed E-state index contributed by atoms with van der Waals surface area (Å²) in [6.07, 6.45) is 5.75. The Morgan fingerprint density at radius 3 is 2.64 bits per heavy atom. The number of rotatable bonds is 7. The highest BCUT2D eigenvalue weighted by molar-refractivity contribution is 7.18. The SMILES string of the molecule is CNc1ncc(-c2ccc3cnc(NC(C)c4ccnc(N5CC(N(C)C)C5)c4)cc3c2)s1. The fourth-order valence-corrected chi connectivity index (χ4v) is 4.81. The van der Waals surface area contributed by atoms with Crippen molar-refractivity contribution in [3.05, 3.63) is 60.6 Å². The summed E-state index contributed by atoms with van der Waals surface area (Å²) in [4.78, 5) is 19.4. The molecule has 4 heterocycles. The number of pyridine rings is 2. The van der Waals surface area contributed by atoms with E-state index in [0.717, 1.165) is 51.1 Å².